The summed E-state index contributed by atoms with van der Waals surface area (Å²) >= 11 is 5.86. The summed E-state index contributed by atoms with van der Waals surface area (Å²) < 4.78 is 0. The largest absolute Gasteiger partial charge is 0.326 e. The zero-order valence-electron chi connectivity index (χ0n) is 9.07. The summed E-state index contributed by atoms with van der Waals surface area (Å²) in [5.74, 6) is 0. The molecule has 0 saturated heterocycles. The molecule has 1 aromatic carbocycles. The summed E-state index contributed by atoms with van der Waals surface area (Å²) in [5, 5.41) is 0.728. The molecule has 0 fully saturated rings. The van der Waals surface area contributed by atoms with E-state index in [4.69, 9.17) is 17.3 Å². The van der Waals surface area contributed by atoms with Gasteiger partial charge in [0.1, 0.15) is 0 Å². The fraction of sp³-hybridized carbons (Fsp3) is 0.154. The van der Waals surface area contributed by atoms with E-state index in [1.165, 1.54) is 0 Å². The van der Waals surface area contributed by atoms with Crippen molar-refractivity contribution in [2.75, 3.05) is 0 Å². The molecule has 0 amide bonds. The number of halogens is 1. The molecule has 2 nitrogen and oxygen atoms in total. The molecule has 0 aliphatic carbocycles. The molecule has 0 saturated carbocycles. The molecule has 16 heavy (non-hydrogen) atoms. The Morgan fingerprint density at radius 3 is 2.44 bits per heavy atom. The molecule has 0 spiro atoms. The van der Waals surface area contributed by atoms with Gasteiger partial charge in [-0.25, -0.2) is 0 Å². The van der Waals surface area contributed by atoms with Gasteiger partial charge >= 0.3 is 0 Å². The van der Waals surface area contributed by atoms with Gasteiger partial charge in [-0.1, -0.05) is 29.8 Å². The highest BCUT2D eigenvalue weighted by molar-refractivity contribution is 6.30. The van der Waals surface area contributed by atoms with Crippen molar-refractivity contribution < 1.29 is 0 Å². The highest BCUT2D eigenvalue weighted by Gasteiger charge is 2.05. The van der Waals surface area contributed by atoms with Crippen LogP contribution < -0.4 is 5.73 Å². The van der Waals surface area contributed by atoms with Gasteiger partial charge in [-0.15, -0.1) is 0 Å². The summed E-state index contributed by atoms with van der Waals surface area (Å²) in [6.45, 7) is 2.46. The van der Waals surface area contributed by atoms with E-state index in [1.54, 1.807) is 0 Å². The van der Waals surface area contributed by atoms with Crippen LogP contribution >= 0.6 is 11.6 Å². The summed E-state index contributed by atoms with van der Waals surface area (Å²) in [4.78, 5) is 4.52. The molecule has 0 unspecified atom stereocenters. The molecule has 3 heteroatoms. The molecule has 0 atom stereocenters. The van der Waals surface area contributed by atoms with Crippen molar-refractivity contribution in [2.24, 2.45) is 5.73 Å². The van der Waals surface area contributed by atoms with Crippen molar-refractivity contribution >= 4 is 11.6 Å². The first kappa shape index (κ1) is 11.1. The highest BCUT2D eigenvalue weighted by Crippen LogP contribution is 2.23. The maximum atomic E-state index is 5.86. The molecule has 0 radical (unpaired) electrons. The van der Waals surface area contributed by atoms with Gasteiger partial charge in [0.05, 0.1) is 5.69 Å². The number of nitrogens with two attached hydrogens (primary N) is 1. The zero-order valence-corrected chi connectivity index (χ0v) is 9.83. The second kappa shape index (κ2) is 4.64. The number of hydrogen-bond acceptors (Lipinski definition) is 2. The van der Waals surface area contributed by atoms with E-state index in [1.807, 2.05) is 43.3 Å². The van der Waals surface area contributed by atoms with Gasteiger partial charge in [0, 0.05) is 22.8 Å². The summed E-state index contributed by atoms with van der Waals surface area (Å²) in [5.41, 5.74) is 9.73. The standard InChI is InChI=1S/C13H13ClN2/c1-9-2-3-11(8-15)13(16-9)10-4-6-12(14)7-5-10/h2-7H,8,15H2,1H3. The van der Waals surface area contributed by atoms with Crippen LogP contribution in [0.2, 0.25) is 5.02 Å². The third-order valence-corrected chi connectivity index (χ3v) is 2.71. The van der Waals surface area contributed by atoms with Crippen LogP contribution in [0.15, 0.2) is 36.4 Å². The second-order valence-electron chi connectivity index (χ2n) is 3.67. The number of aryl methyl sites for hydroxylation is 1. The average Bonchev–Trinajstić information content (AvgIpc) is 2.30. The molecule has 82 valence electrons. The fourth-order valence-electron chi connectivity index (χ4n) is 1.61. The number of hydrogen-bond donors (Lipinski definition) is 1. The number of pyridine rings is 1. The lowest BCUT2D eigenvalue weighted by molar-refractivity contribution is 1.04. The summed E-state index contributed by atoms with van der Waals surface area (Å²) in [6, 6.07) is 11.6. The van der Waals surface area contributed by atoms with Crippen molar-refractivity contribution in [3.05, 3.63) is 52.7 Å². The molecule has 0 aliphatic rings. The minimum Gasteiger partial charge on any atom is -0.326 e. The molecule has 1 aromatic heterocycles. The molecule has 2 rings (SSSR count). The van der Waals surface area contributed by atoms with Crippen LogP contribution in [0.3, 0.4) is 0 Å². The molecular formula is C13H13ClN2. The van der Waals surface area contributed by atoms with Gasteiger partial charge in [0.25, 0.3) is 0 Å². The monoisotopic (exact) mass is 232 g/mol. The first-order valence-corrected chi connectivity index (χ1v) is 5.51. The van der Waals surface area contributed by atoms with Crippen LogP contribution in [0.25, 0.3) is 11.3 Å². The van der Waals surface area contributed by atoms with Gasteiger partial charge in [-0.3, -0.25) is 4.98 Å². The lowest BCUT2D eigenvalue weighted by Crippen LogP contribution is -2.01. The first-order chi connectivity index (χ1) is 7.70. The minimum atomic E-state index is 0.491. The second-order valence-corrected chi connectivity index (χ2v) is 4.11. The Bertz CT molecular complexity index is 492. The van der Waals surface area contributed by atoms with Gasteiger partial charge < -0.3 is 5.73 Å². The third-order valence-electron chi connectivity index (χ3n) is 2.46. The smallest absolute Gasteiger partial charge is 0.0750 e. The van der Waals surface area contributed by atoms with E-state index in [-0.39, 0.29) is 0 Å². The highest BCUT2D eigenvalue weighted by atomic mass is 35.5. The Balaban J connectivity index is 2.53. The van der Waals surface area contributed by atoms with E-state index in [9.17, 15) is 0 Å². The topological polar surface area (TPSA) is 38.9 Å². The van der Waals surface area contributed by atoms with Crippen LogP contribution in [-0.2, 0) is 6.54 Å². The van der Waals surface area contributed by atoms with Gasteiger partial charge in [0.15, 0.2) is 0 Å². The van der Waals surface area contributed by atoms with Crippen molar-refractivity contribution in [3.8, 4) is 11.3 Å². The predicted molar refractivity (Wildman–Crippen MR) is 67.3 cm³/mol. The quantitative estimate of drug-likeness (QED) is 0.864. The molecular weight excluding hydrogens is 220 g/mol. The van der Waals surface area contributed by atoms with Crippen molar-refractivity contribution in [3.63, 3.8) is 0 Å². The molecule has 0 bridgehead atoms. The molecule has 1 heterocycles. The van der Waals surface area contributed by atoms with E-state index in [0.29, 0.717) is 6.54 Å². The maximum absolute atomic E-state index is 5.86. The van der Waals surface area contributed by atoms with Gasteiger partial charge in [-0.05, 0) is 30.7 Å². The SMILES string of the molecule is Cc1ccc(CN)c(-c2ccc(Cl)cc2)n1. The number of aromatic nitrogens is 1. The van der Waals surface area contributed by atoms with E-state index in [2.05, 4.69) is 4.98 Å². The van der Waals surface area contributed by atoms with Crippen LogP contribution in [0, 0.1) is 6.92 Å². The Hall–Kier alpha value is -1.38. The molecule has 0 aliphatic heterocycles. The van der Waals surface area contributed by atoms with E-state index < -0.39 is 0 Å². The van der Waals surface area contributed by atoms with Crippen LogP contribution in [0.4, 0.5) is 0 Å². The van der Waals surface area contributed by atoms with Crippen LogP contribution in [0.1, 0.15) is 11.3 Å². The van der Waals surface area contributed by atoms with Crippen LogP contribution in [0.5, 0.6) is 0 Å². The Kier molecular flexibility index (Phi) is 3.22. The maximum Gasteiger partial charge on any atom is 0.0750 e. The van der Waals surface area contributed by atoms with Crippen molar-refractivity contribution in [2.45, 2.75) is 13.5 Å². The Morgan fingerprint density at radius 1 is 1.12 bits per heavy atom. The fourth-order valence-corrected chi connectivity index (χ4v) is 1.73. The molecule has 2 aromatic rings. The number of nitrogens with zero attached hydrogens (tertiary/aromatic N) is 1. The van der Waals surface area contributed by atoms with E-state index >= 15 is 0 Å². The average molecular weight is 233 g/mol. The summed E-state index contributed by atoms with van der Waals surface area (Å²) in [7, 11) is 0. The zero-order chi connectivity index (χ0) is 11.5. The van der Waals surface area contributed by atoms with Gasteiger partial charge in [-0.2, -0.15) is 0 Å². The number of rotatable bonds is 2. The normalized spacial score (nSPS) is 10.4. The molecule has 2 N–H and O–H groups in total. The lowest BCUT2D eigenvalue weighted by atomic mass is 10.1. The van der Waals surface area contributed by atoms with Crippen molar-refractivity contribution in [1.29, 1.82) is 0 Å². The first-order valence-electron chi connectivity index (χ1n) is 5.13. The third kappa shape index (κ3) is 2.23. The minimum absolute atomic E-state index is 0.491. The van der Waals surface area contributed by atoms with Crippen molar-refractivity contribution in [1.82, 2.24) is 4.98 Å². The lowest BCUT2D eigenvalue weighted by Gasteiger charge is -2.08. The predicted octanol–water partition coefficient (Wildman–Crippen LogP) is 3.17. The number of benzene rings is 1. The Morgan fingerprint density at radius 2 is 1.81 bits per heavy atom. The van der Waals surface area contributed by atoms with Crippen LogP contribution in [-0.4, -0.2) is 4.98 Å². The Labute approximate surface area is 100 Å². The van der Waals surface area contributed by atoms with Gasteiger partial charge in [0.2, 0.25) is 0 Å². The van der Waals surface area contributed by atoms with E-state index in [0.717, 1.165) is 27.5 Å². The summed E-state index contributed by atoms with van der Waals surface area (Å²) in [6.07, 6.45) is 0.